The van der Waals surface area contributed by atoms with Gasteiger partial charge in [0.15, 0.2) is 5.82 Å². The molecule has 2 heterocycles. The Labute approximate surface area is 157 Å². The van der Waals surface area contributed by atoms with Crippen LogP contribution in [0.5, 0.6) is 0 Å². The van der Waals surface area contributed by atoms with Crippen LogP contribution in [0.15, 0.2) is 36.4 Å². The molecular formula is C18H16F2N4O2S. The van der Waals surface area contributed by atoms with Crippen LogP contribution in [0.4, 0.5) is 14.6 Å². The minimum Gasteiger partial charge on any atom is -0.351 e. The molecule has 0 atom stereocenters. The lowest BCUT2D eigenvalue weighted by molar-refractivity contribution is -0.116. The van der Waals surface area contributed by atoms with Crippen LogP contribution in [0.1, 0.15) is 21.7 Å². The van der Waals surface area contributed by atoms with Crippen molar-refractivity contribution in [2.75, 3.05) is 11.9 Å². The molecule has 0 aliphatic carbocycles. The summed E-state index contributed by atoms with van der Waals surface area (Å²) in [5.41, 5.74) is 0.517. The van der Waals surface area contributed by atoms with E-state index < -0.39 is 17.5 Å². The average Bonchev–Trinajstić information content (AvgIpc) is 3.23. The Kier molecular flexibility index (Phi) is 5.60. The number of hydrogen-bond acceptors (Lipinski definition) is 4. The SMILES string of the molecule is Cc1ccc(-c2cc(NC(=O)CCNC(=O)c3ccc(F)cc3F)n[nH]2)s1. The summed E-state index contributed by atoms with van der Waals surface area (Å²) in [6.45, 7) is 2.00. The molecule has 0 saturated heterocycles. The van der Waals surface area contributed by atoms with E-state index in [1.807, 2.05) is 19.1 Å². The molecule has 0 saturated carbocycles. The van der Waals surface area contributed by atoms with E-state index in [1.54, 1.807) is 17.4 Å². The minimum atomic E-state index is -0.954. The summed E-state index contributed by atoms with van der Waals surface area (Å²) in [5, 5.41) is 11.9. The molecular weight excluding hydrogens is 374 g/mol. The second-order valence-electron chi connectivity index (χ2n) is 5.76. The van der Waals surface area contributed by atoms with E-state index in [0.717, 1.165) is 22.7 Å². The van der Waals surface area contributed by atoms with Crippen molar-refractivity contribution in [1.82, 2.24) is 15.5 Å². The maximum atomic E-state index is 13.5. The van der Waals surface area contributed by atoms with Gasteiger partial charge in [-0.15, -0.1) is 11.3 Å². The molecule has 140 valence electrons. The number of anilines is 1. The van der Waals surface area contributed by atoms with Gasteiger partial charge < -0.3 is 10.6 Å². The van der Waals surface area contributed by atoms with Gasteiger partial charge in [0.2, 0.25) is 5.91 Å². The highest BCUT2D eigenvalue weighted by Crippen LogP contribution is 2.27. The molecule has 0 aliphatic rings. The average molecular weight is 390 g/mol. The molecule has 0 radical (unpaired) electrons. The number of halogens is 2. The number of rotatable bonds is 6. The third-order valence-corrected chi connectivity index (χ3v) is 4.70. The van der Waals surface area contributed by atoms with E-state index in [1.165, 1.54) is 4.88 Å². The molecule has 27 heavy (non-hydrogen) atoms. The number of nitrogens with one attached hydrogen (secondary N) is 3. The maximum absolute atomic E-state index is 13.5. The Morgan fingerprint density at radius 3 is 2.70 bits per heavy atom. The number of carbonyl (C=O) groups is 2. The van der Waals surface area contributed by atoms with Crippen molar-refractivity contribution in [3.05, 3.63) is 58.5 Å². The maximum Gasteiger partial charge on any atom is 0.254 e. The number of aromatic amines is 1. The molecule has 2 amide bonds. The quantitative estimate of drug-likeness (QED) is 0.602. The molecule has 3 rings (SSSR count). The predicted octanol–water partition coefficient (Wildman–Crippen LogP) is 3.48. The highest BCUT2D eigenvalue weighted by molar-refractivity contribution is 7.15. The zero-order valence-electron chi connectivity index (χ0n) is 14.3. The Morgan fingerprint density at radius 1 is 1.19 bits per heavy atom. The van der Waals surface area contributed by atoms with Crippen molar-refractivity contribution in [3.8, 4) is 10.6 Å². The minimum absolute atomic E-state index is 0.00286. The molecule has 3 N–H and O–H groups in total. The van der Waals surface area contributed by atoms with Gasteiger partial charge in [0, 0.05) is 30.0 Å². The smallest absolute Gasteiger partial charge is 0.254 e. The van der Waals surface area contributed by atoms with Gasteiger partial charge in [0.05, 0.1) is 16.1 Å². The molecule has 2 aromatic heterocycles. The molecule has 0 spiro atoms. The van der Waals surface area contributed by atoms with Gasteiger partial charge in [0.25, 0.3) is 5.91 Å². The van der Waals surface area contributed by atoms with Crippen LogP contribution >= 0.6 is 11.3 Å². The third-order valence-electron chi connectivity index (χ3n) is 3.66. The lowest BCUT2D eigenvalue weighted by Crippen LogP contribution is -2.28. The zero-order valence-corrected chi connectivity index (χ0v) is 15.1. The second-order valence-corrected chi connectivity index (χ2v) is 7.04. The number of nitrogens with zero attached hydrogens (tertiary/aromatic N) is 1. The Hall–Kier alpha value is -3.07. The Balaban J connectivity index is 1.48. The highest BCUT2D eigenvalue weighted by Gasteiger charge is 2.13. The van der Waals surface area contributed by atoms with E-state index in [0.29, 0.717) is 11.9 Å². The topological polar surface area (TPSA) is 86.9 Å². The summed E-state index contributed by atoms with van der Waals surface area (Å²) >= 11 is 1.60. The van der Waals surface area contributed by atoms with Crippen LogP contribution in [0.3, 0.4) is 0 Å². The number of benzene rings is 1. The molecule has 0 aliphatic heterocycles. The molecule has 0 bridgehead atoms. The summed E-state index contributed by atoms with van der Waals surface area (Å²) in [7, 11) is 0. The molecule has 6 nitrogen and oxygen atoms in total. The fourth-order valence-corrected chi connectivity index (χ4v) is 3.19. The second kappa shape index (κ2) is 8.09. The standard InChI is InChI=1S/C18H16F2N4O2S/c1-10-2-5-15(27-10)14-9-16(24-23-14)22-17(25)6-7-21-18(26)12-4-3-11(19)8-13(12)20/h2-5,8-9H,6-7H2,1H3,(H,21,26)(H2,22,23,24,25). The van der Waals surface area contributed by atoms with Crippen molar-refractivity contribution >= 4 is 29.0 Å². The molecule has 3 aromatic rings. The van der Waals surface area contributed by atoms with Gasteiger partial charge in [-0.3, -0.25) is 14.7 Å². The van der Waals surface area contributed by atoms with Crippen molar-refractivity contribution < 1.29 is 18.4 Å². The van der Waals surface area contributed by atoms with Gasteiger partial charge in [-0.2, -0.15) is 5.10 Å². The number of aryl methyl sites for hydroxylation is 1. The monoisotopic (exact) mass is 390 g/mol. The third kappa shape index (κ3) is 4.76. The summed E-state index contributed by atoms with van der Waals surface area (Å²) in [5.74, 6) is -2.41. The predicted molar refractivity (Wildman–Crippen MR) is 98.6 cm³/mol. The Morgan fingerprint density at radius 2 is 2.00 bits per heavy atom. The van der Waals surface area contributed by atoms with E-state index in [9.17, 15) is 18.4 Å². The fourth-order valence-electron chi connectivity index (χ4n) is 2.36. The number of hydrogen-bond donors (Lipinski definition) is 3. The normalized spacial score (nSPS) is 10.6. The number of aromatic nitrogens is 2. The van der Waals surface area contributed by atoms with Crippen molar-refractivity contribution in [1.29, 1.82) is 0 Å². The Bertz CT molecular complexity index is 983. The lowest BCUT2D eigenvalue weighted by Gasteiger charge is -2.06. The molecule has 9 heteroatoms. The first-order valence-electron chi connectivity index (χ1n) is 8.07. The van der Waals surface area contributed by atoms with E-state index in [-0.39, 0.29) is 24.4 Å². The van der Waals surface area contributed by atoms with Crippen LogP contribution in [-0.4, -0.2) is 28.6 Å². The van der Waals surface area contributed by atoms with Gasteiger partial charge in [0.1, 0.15) is 11.6 Å². The highest BCUT2D eigenvalue weighted by atomic mass is 32.1. The van der Waals surface area contributed by atoms with Crippen molar-refractivity contribution in [2.24, 2.45) is 0 Å². The van der Waals surface area contributed by atoms with Gasteiger partial charge in [-0.1, -0.05) is 0 Å². The lowest BCUT2D eigenvalue weighted by atomic mass is 10.2. The summed E-state index contributed by atoms with van der Waals surface area (Å²) in [4.78, 5) is 26.0. The first-order chi connectivity index (χ1) is 12.9. The molecule has 0 unspecified atom stereocenters. The number of H-pyrrole nitrogens is 1. The van der Waals surface area contributed by atoms with Crippen LogP contribution in [0.25, 0.3) is 10.6 Å². The van der Waals surface area contributed by atoms with Crippen LogP contribution in [0.2, 0.25) is 0 Å². The first-order valence-corrected chi connectivity index (χ1v) is 8.89. The van der Waals surface area contributed by atoms with Crippen LogP contribution in [0, 0.1) is 18.6 Å². The first kappa shape index (κ1) is 18.7. The molecule has 0 fully saturated rings. The largest absolute Gasteiger partial charge is 0.351 e. The zero-order chi connectivity index (χ0) is 19.4. The van der Waals surface area contributed by atoms with Gasteiger partial charge >= 0.3 is 0 Å². The van der Waals surface area contributed by atoms with Crippen LogP contribution < -0.4 is 10.6 Å². The van der Waals surface area contributed by atoms with Gasteiger partial charge in [-0.25, -0.2) is 8.78 Å². The van der Waals surface area contributed by atoms with Gasteiger partial charge in [-0.05, 0) is 31.2 Å². The number of amides is 2. The fraction of sp³-hybridized carbons (Fsp3) is 0.167. The van der Waals surface area contributed by atoms with Crippen molar-refractivity contribution in [2.45, 2.75) is 13.3 Å². The summed E-state index contributed by atoms with van der Waals surface area (Å²) < 4.78 is 26.4. The number of carbonyl (C=O) groups excluding carboxylic acids is 2. The van der Waals surface area contributed by atoms with Crippen LogP contribution in [-0.2, 0) is 4.79 Å². The van der Waals surface area contributed by atoms with E-state index >= 15 is 0 Å². The summed E-state index contributed by atoms with van der Waals surface area (Å²) in [6.07, 6.45) is -0.0190. The summed E-state index contributed by atoms with van der Waals surface area (Å²) in [6, 6.07) is 8.35. The number of thiophene rings is 1. The van der Waals surface area contributed by atoms with Crippen molar-refractivity contribution in [3.63, 3.8) is 0 Å². The van der Waals surface area contributed by atoms with E-state index in [4.69, 9.17) is 0 Å². The van der Waals surface area contributed by atoms with E-state index in [2.05, 4.69) is 20.8 Å². The molecule has 1 aromatic carbocycles.